The van der Waals surface area contributed by atoms with E-state index in [-0.39, 0.29) is 16.8 Å². The Balaban J connectivity index is 2.11. The van der Waals surface area contributed by atoms with E-state index in [9.17, 15) is 15.3 Å². The second-order valence-corrected chi connectivity index (χ2v) is 6.02. The van der Waals surface area contributed by atoms with Gasteiger partial charge in [-0.2, -0.15) is 20.3 Å². The maximum absolute atomic E-state index is 12.8. The van der Waals surface area contributed by atoms with Crippen molar-refractivity contribution in [3.8, 4) is 23.6 Å². The molecule has 0 aliphatic rings. The van der Waals surface area contributed by atoms with Gasteiger partial charge in [-0.1, -0.05) is 35.9 Å². The van der Waals surface area contributed by atoms with Gasteiger partial charge in [0, 0.05) is 5.56 Å². The summed E-state index contributed by atoms with van der Waals surface area (Å²) >= 11 is 0. The molecule has 6 heteroatoms. The number of ether oxygens (including phenoxy) is 1. The first kappa shape index (κ1) is 18.6. The molecular weight excluding hydrogens is 352 g/mol. The van der Waals surface area contributed by atoms with Gasteiger partial charge >= 0.3 is 0 Å². The van der Waals surface area contributed by atoms with Crippen LogP contribution in [0, 0.1) is 29.6 Å². The fourth-order valence-electron chi connectivity index (χ4n) is 2.65. The number of hydrogen-bond acceptors (Lipinski definition) is 5. The lowest BCUT2D eigenvalue weighted by Crippen LogP contribution is -2.26. The summed E-state index contributed by atoms with van der Waals surface area (Å²) < 4.78 is 6.20. The minimum atomic E-state index is -0.570. The van der Waals surface area contributed by atoms with E-state index in [0.717, 1.165) is 21.6 Å². The average molecular weight is 368 g/mol. The fourth-order valence-corrected chi connectivity index (χ4v) is 2.65. The van der Waals surface area contributed by atoms with Crippen molar-refractivity contribution in [3.63, 3.8) is 0 Å². The van der Waals surface area contributed by atoms with Crippen molar-refractivity contribution in [2.24, 2.45) is 0 Å². The van der Waals surface area contributed by atoms with E-state index in [2.05, 4.69) is 5.10 Å². The first-order valence-corrected chi connectivity index (χ1v) is 8.44. The summed E-state index contributed by atoms with van der Waals surface area (Å²) in [6.07, 6.45) is 3.28. The lowest BCUT2D eigenvalue weighted by molar-refractivity contribution is 0.415. The van der Waals surface area contributed by atoms with Crippen LogP contribution in [-0.2, 0) is 0 Å². The molecule has 2 aromatic carbocycles. The third kappa shape index (κ3) is 3.67. The Kier molecular flexibility index (Phi) is 5.34. The van der Waals surface area contributed by atoms with Crippen LogP contribution in [0.5, 0.6) is 5.75 Å². The first-order chi connectivity index (χ1) is 13.6. The minimum absolute atomic E-state index is 0.00138. The zero-order valence-electron chi connectivity index (χ0n) is 15.4. The van der Waals surface area contributed by atoms with Crippen LogP contribution in [0.2, 0.25) is 0 Å². The van der Waals surface area contributed by atoms with Crippen molar-refractivity contribution in [2.45, 2.75) is 6.92 Å². The van der Waals surface area contributed by atoms with Gasteiger partial charge in [-0.05, 0) is 42.8 Å². The molecule has 0 amide bonds. The molecule has 0 bridgehead atoms. The fraction of sp³-hybridized carbons (Fsp3) is 0.0909. The Hall–Kier alpha value is -4.16. The molecule has 0 aliphatic carbocycles. The maximum Gasteiger partial charge on any atom is 0.290 e. The number of aryl methyl sites for hydroxylation is 1. The number of hydrogen-bond donors (Lipinski definition) is 0. The third-order valence-corrected chi connectivity index (χ3v) is 4.19. The van der Waals surface area contributed by atoms with E-state index in [4.69, 9.17) is 4.74 Å². The van der Waals surface area contributed by atoms with E-state index >= 15 is 0 Å². The molecule has 0 radical (unpaired) electrons. The Morgan fingerprint density at radius 1 is 1.00 bits per heavy atom. The number of methoxy groups -OCH3 is 1. The minimum Gasteiger partial charge on any atom is -0.497 e. The molecule has 0 spiro atoms. The summed E-state index contributed by atoms with van der Waals surface area (Å²) in [5.74, 6) is 0.718. The van der Waals surface area contributed by atoms with Gasteiger partial charge in [0.15, 0.2) is 5.69 Å². The molecule has 0 aliphatic heterocycles. The van der Waals surface area contributed by atoms with Gasteiger partial charge in [-0.15, -0.1) is 0 Å². The molecule has 0 N–H and O–H groups in total. The van der Waals surface area contributed by atoms with Crippen LogP contribution in [0.25, 0.3) is 17.8 Å². The Bertz CT molecular complexity index is 1180. The van der Waals surface area contributed by atoms with Crippen LogP contribution in [0.4, 0.5) is 0 Å². The van der Waals surface area contributed by atoms with E-state index in [1.54, 1.807) is 43.5 Å². The smallest absolute Gasteiger partial charge is 0.290 e. The molecule has 0 atom stereocenters. The summed E-state index contributed by atoms with van der Waals surface area (Å²) in [4.78, 5) is 12.8. The van der Waals surface area contributed by atoms with Crippen molar-refractivity contribution in [3.05, 3.63) is 86.8 Å². The summed E-state index contributed by atoms with van der Waals surface area (Å²) in [7, 11) is 1.58. The molecular formula is C22H16N4O2. The van der Waals surface area contributed by atoms with Gasteiger partial charge in [-0.25, -0.2) is 0 Å². The quantitative estimate of drug-likeness (QED) is 0.703. The van der Waals surface area contributed by atoms with Crippen LogP contribution >= 0.6 is 0 Å². The highest BCUT2D eigenvalue weighted by Crippen LogP contribution is 2.17. The topological polar surface area (TPSA) is 91.7 Å². The van der Waals surface area contributed by atoms with Gasteiger partial charge in [-0.3, -0.25) is 4.79 Å². The Labute approximate surface area is 162 Å². The standard InChI is InChI=1S/C22H16N4O2/c1-15-3-8-17(9-4-15)26-22(27)20(13-23)19(21(14-24)25-26)12-7-16-5-10-18(28-2)11-6-16/h3-12H,1-2H3. The SMILES string of the molecule is COc1ccc(C=Cc2c(C#N)nn(-c3ccc(C)cc3)c(=O)c2C#N)cc1. The highest BCUT2D eigenvalue weighted by molar-refractivity contribution is 5.74. The van der Waals surface area contributed by atoms with Crippen molar-refractivity contribution in [1.29, 1.82) is 10.5 Å². The molecule has 28 heavy (non-hydrogen) atoms. The van der Waals surface area contributed by atoms with Crippen LogP contribution < -0.4 is 10.3 Å². The second-order valence-electron chi connectivity index (χ2n) is 6.02. The van der Waals surface area contributed by atoms with Crippen LogP contribution in [0.3, 0.4) is 0 Å². The highest BCUT2D eigenvalue weighted by Gasteiger charge is 2.16. The van der Waals surface area contributed by atoms with Gasteiger partial charge < -0.3 is 4.74 Å². The molecule has 1 heterocycles. The summed E-state index contributed by atoms with van der Waals surface area (Å²) in [5, 5.41) is 23.2. The van der Waals surface area contributed by atoms with Gasteiger partial charge in [0.2, 0.25) is 0 Å². The molecule has 3 aromatic rings. The largest absolute Gasteiger partial charge is 0.497 e. The molecule has 1 aromatic heterocycles. The van der Waals surface area contributed by atoms with E-state index in [1.165, 1.54) is 0 Å². The predicted molar refractivity (Wildman–Crippen MR) is 106 cm³/mol. The lowest BCUT2D eigenvalue weighted by Gasteiger charge is -2.08. The van der Waals surface area contributed by atoms with Crippen LogP contribution in [0.15, 0.2) is 53.3 Å². The Morgan fingerprint density at radius 3 is 2.25 bits per heavy atom. The molecule has 6 nitrogen and oxygen atoms in total. The first-order valence-electron chi connectivity index (χ1n) is 8.44. The molecule has 0 saturated carbocycles. The summed E-state index contributed by atoms with van der Waals surface area (Å²) in [6, 6.07) is 18.3. The molecule has 3 rings (SSSR count). The van der Waals surface area contributed by atoms with Gasteiger partial charge in [0.05, 0.1) is 12.8 Å². The number of aromatic nitrogens is 2. The van der Waals surface area contributed by atoms with Crippen molar-refractivity contribution < 1.29 is 4.74 Å². The zero-order chi connectivity index (χ0) is 20.1. The Morgan fingerprint density at radius 2 is 1.68 bits per heavy atom. The van der Waals surface area contributed by atoms with Gasteiger partial charge in [0.25, 0.3) is 5.56 Å². The number of nitrogens with zero attached hydrogens (tertiary/aromatic N) is 4. The zero-order valence-corrected chi connectivity index (χ0v) is 15.4. The normalized spacial score (nSPS) is 10.4. The summed E-state index contributed by atoms with van der Waals surface area (Å²) in [5.41, 5.74) is 1.86. The lowest BCUT2D eigenvalue weighted by atomic mass is 10.1. The maximum atomic E-state index is 12.8. The van der Waals surface area contributed by atoms with E-state index in [1.807, 2.05) is 43.3 Å². The van der Waals surface area contributed by atoms with E-state index < -0.39 is 5.56 Å². The molecule has 136 valence electrons. The summed E-state index contributed by atoms with van der Waals surface area (Å²) in [6.45, 7) is 1.93. The predicted octanol–water partition coefficient (Wildman–Crippen LogP) is 3.46. The number of rotatable bonds is 4. The molecule has 0 fully saturated rings. The highest BCUT2D eigenvalue weighted by atomic mass is 16.5. The van der Waals surface area contributed by atoms with Crippen LogP contribution in [-0.4, -0.2) is 16.9 Å². The second kappa shape index (κ2) is 8.03. The number of benzene rings is 2. The third-order valence-electron chi connectivity index (χ3n) is 4.19. The van der Waals surface area contributed by atoms with Crippen molar-refractivity contribution in [1.82, 2.24) is 9.78 Å². The van der Waals surface area contributed by atoms with E-state index in [0.29, 0.717) is 5.69 Å². The molecule has 0 unspecified atom stereocenters. The van der Waals surface area contributed by atoms with Gasteiger partial charge in [0.1, 0.15) is 23.5 Å². The number of nitriles is 2. The average Bonchev–Trinajstić information content (AvgIpc) is 2.73. The monoisotopic (exact) mass is 368 g/mol. The van der Waals surface area contributed by atoms with Crippen molar-refractivity contribution in [2.75, 3.05) is 7.11 Å². The van der Waals surface area contributed by atoms with Crippen LogP contribution in [0.1, 0.15) is 27.9 Å². The molecule has 0 saturated heterocycles. The van der Waals surface area contributed by atoms with Crippen molar-refractivity contribution >= 4 is 12.2 Å².